The molecule has 0 bridgehead atoms. The van der Waals surface area contributed by atoms with E-state index in [-0.39, 0.29) is 6.04 Å². The highest BCUT2D eigenvalue weighted by atomic mass is 35.5. The van der Waals surface area contributed by atoms with E-state index in [2.05, 4.69) is 19.6 Å². The average molecular weight is 328 g/mol. The van der Waals surface area contributed by atoms with Crippen molar-refractivity contribution in [3.8, 4) is 0 Å². The third-order valence-corrected chi connectivity index (χ3v) is 3.11. The minimum atomic E-state index is 0.231. The first-order valence-corrected chi connectivity index (χ1v) is 9.14. The van der Waals surface area contributed by atoms with Crippen LogP contribution >= 0.6 is 11.6 Å². The van der Waals surface area contributed by atoms with Gasteiger partial charge >= 0.3 is 0 Å². The number of aryl methyl sites for hydroxylation is 1. The van der Waals surface area contributed by atoms with Crippen LogP contribution in [0.1, 0.15) is 79.4 Å². The molecule has 0 radical (unpaired) electrons. The van der Waals surface area contributed by atoms with Crippen molar-refractivity contribution in [2.24, 2.45) is 5.73 Å². The number of benzene rings is 1. The predicted molar refractivity (Wildman–Crippen MR) is 107 cm³/mol. The van der Waals surface area contributed by atoms with Crippen LogP contribution in [0, 0.1) is 0 Å². The molecule has 0 fully saturated rings. The Bertz CT molecular complexity index is 370. The van der Waals surface area contributed by atoms with Crippen LogP contribution in [-0.4, -0.2) is 6.04 Å². The summed E-state index contributed by atoms with van der Waals surface area (Å²) in [5, 5.41) is 0.839. The van der Waals surface area contributed by atoms with Crippen molar-refractivity contribution in [2.45, 2.75) is 80.7 Å². The lowest BCUT2D eigenvalue weighted by atomic mass is 9.98. The molecule has 2 heteroatoms. The van der Waals surface area contributed by atoms with Crippen molar-refractivity contribution >= 4 is 17.2 Å². The summed E-state index contributed by atoms with van der Waals surface area (Å²) < 4.78 is 0. The predicted octanol–water partition coefficient (Wildman–Crippen LogP) is 7.12. The number of hydrogen-bond acceptors (Lipinski definition) is 1. The van der Waals surface area contributed by atoms with E-state index < -0.39 is 0 Å². The first-order chi connectivity index (χ1) is 10.5. The topological polar surface area (TPSA) is 26.0 Å². The maximum atomic E-state index is 6.08. The molecule has 1 aromatic rings. The first kappa shape index (κ1) is 26.1. The molecule has 130 valence electrons. The van der Waals surface area contributed by atoms with Gasteiger partial charge in [-0.25, -0.2) is 0 Å². The summed E-state index contributed by atoms with van der Waals surface area (Å²) >= 11 is 6.08. The van der Waals surface area contributed by atoms with E-state index in [1.165, 1.54) is 11.1 Å². The zero-order valence-electron chi connectivity index (χ0n) is 16.1. The molecule has 0 saturated carbocycles. The number of rotatable bonds is 5. The molecular weight excluding hydrogens is 290 g/mol. The van der Waals surface area contributed by atoms with E-state index in [0.717, 1.165) is 29.9 Å². The Morgan fingerprint density at radius 1 is 1.14 bits per heavy atom. The summed E-state index contributed by atoms with van der Waals surface area (Å²) in [5.41, 5.74) is 9.24. The second-order valence-electron chi connectivity index (χ2n) is 4.28. The van der Waals surface area contributed by atoms with E-state index in [1.54, 1.807) is 0 Å². The van der Waals surface area contributed by atoms with Crippen LogP contribution < -0.4 is 5.73 Å². The fourth-order valence-electron chi connectivity index (χ4n) is 1.61. The van der Waals surface area contributed by atoms with Crippen molar-refractivity contribution in [3.63, 3.8) is 0 Å². The first-order valence-electron chi connectivity index (χ1n) is 8.76. The van der Waals surface area contributed by atoms with E-state index in [0.29, 0.717) is 0 Å². The summed E-state index contributed by atoms with van der Waals surface area (Å²) in [6.07, 6.45) is 2.87. The average Bonchev–Trinajstić information content (AvgIpc) is 2.58. The second-order valence-corrected chi connectivity index (χ2v) is 4.69. The van der Waals surface area contributed by atoms with Gasteiger partial charge in [-0.3, -0.25) is 0 Å². The van der Waals surface area contributed by atoms with E-state index in [9.17, 15) is 0 Å². The molecule has 1 rings (SSSR count). The summed E-state index contributed by atoms with van der Waals surface area (Å²) in [7, 11) is 0. The largest absolute Gasteiger partial charge is 0.328 e. The van der Waals surface area contributed by atoms with Gasteiger partial charge in [0.2, 0.25) is 0 Å². The fourth-order valence-corrected chi connectivity index (χ4v) is 1.86. The maximum absolute atomic E-state index is 6.08. The summed E-state index contributed by atoms with van der Waals surface area (Å²) in [5.74, 6) is 0. The molecule has 0 aliphatic carbocycles. The minimum Gasteiger partial charge on any atom is -0.328 e. The molecule has 0 heterocycles. The Morgan fingerprint density at radius 2 is 1.64 bits per heavy atom. The molecule has 0 saturated heterocycles. The monoisotopic (exact) mass is 327 g/mol. The lowest BCUT2D eigenvalue weighted by Crippen LogP contribution is -2.14. The quantitative estimate of drug-likeness (QED) is 0.612. The smallest absolute Gasteiger partial charge is 0.0438 e. The highest BCUT2D eigenvalue weighted by Crippen LogP contribution is 2.24. The molecule has 0 spiro atoms. The van der Waals surface area contributed by atoms with Gasteiger partial charge in [-0.15, -0.1) is 0 Å². The van der Waals surface area contributed by atoms with Crippen LogP contribution in [0.5, 0.6) is 0 Å². The fraction of sp³-hybridized carbons (Fsp3) is 0.600. The van der Waals surface area contributed by atoms with E-state index in [1.807, 2.05) is 60.6 Å². The van der Waals surface area contributed by atoms with Crippen molar-refractivity contribution < 1.29 is 0 Å². The molecule has 1 atom stereocenters. The molecular formula is C20H38ClN. The number of nitrogens with two attached hydrogens (primary N) is 1. The standard InChI is InChI=1S/C14H20ClN.3C2H6/c1-4-12-9-13(7-8-14(12)15)10(2)5-6-11(3)16;3*1-2/h7-9,11H,2,4-6,16H2,1,3H3;3*1-2H3. The van der Waals surface area contributed by atoms with Crippen molar-refractivity contribution in [3.05, 3.63) is 40.9 Å². The van der Waals surface area contributed by atoms with Crippen molar-refractivity contribution in [1.82, 2.24) is 0 Å². The van der Waals surface area contributed by atoms with Crippen LogP contribution in [0.4, 0.5) is 0 Å². The van der Waals surface area contributed by atoms with Crippen LogP contribution in [0.15, 0.2) is 24.8 Å². The van der Waals surface area contributed by atoms with Crippen LogP contribution in [0.3, 0.4) is 0 Å². The van der Waals surface area contributed by atoms with E-state index >= 15 is 0 Å². The zero-order chi connectivity index (χ0) is 18.1. The highest BCUT2D eigenvalue weighted by molar-refractivity contribution is 6.31. The van der Waals surface area contributed by atoms with Crippen LogP contribution in [0.2, 0.25) is 5.02 Å². The van der Waals surface area contributed by atoms with Gasteiger partial charge in [-0.05, 0) is 49.0 Å². The van der Waals surface area contributed by atoms with Crippen molar-refractivity contribution in [1.29, 1.82) is 0 Å². The normalized spacial score (nSPS) is 9.91. The van der Waals surface area contributed by atoms with Gasteiger partial charge in [0.25, 0.3) is 0 Å². The van der Waals surface area contributed by atoms with Gasteiger partial charge in [0.1, 0.15) is 0 Å². The van der Waals surface area contributed by atoms with Crippen LogP contribution in [0.25, 0.3) is 5.57 Å². The highest BCUT2D eigenvalue weighted by Gasteiger charge is 2.04. The summed E-state index contributed by atoms with van der Waals surface area (Å²) in [6, 6.07) is 6.35. The van der Waals surface area contributed by atoms with E-state index in [4.69, 9.17) is 17.3 Å². The zero-order valence-corrected chi connectivity index (χ0v) is 16.8. The van der Waals surface area contributed by atoms with Crippen LogP contribution in [-0.2, 0) is 6.42 Å². The molecule has 0 aliphatic rings. The Balaban J connectivity index is -0.000000535. The molecule has 1 nitrogen and oxygen atoms in total. The molecule has 0 aromatic heterocycles. The van der Waals surface area contributed by atoms with Gasteiger partial charge in [-0.2, -0.15) is 0 Å². The third-order valence-electron chi connectivity index (χ3n) is 2.74. The minimum absolute atomic E-state index is 0.231. The molecule has 22 heavy (non-hydrogen) atoms. The third kappa shape index (κ3) is 11.8. The molecule has 0 amide bonds. The van der Waals surface area contributed by atoms with Gasteiger partial charge < -0.3 is 5.73 Å². The Hall–Kier alpha value is -0.790. The lowest BCUT2D eigenvalue weighted by Gasteiger charge is -2.10. The Kier molecular flexibility index (Phi) is 21.7. The maximum Gasteiger partial charge on any atom is 0.0438 e. The Labute approximate surface area is 145 Å². The SMILES string of the molecule is C=C(CCC(C)N)c1ccc(Cl)c(CC)c1.CC.CC.CC. The van der Waals surface area contributed by atoms with Gasteiger partial charge in [0, 0.05) is 11.1 Å². The molecule has 2 N–H and O–H groups in total. The second kappa shape index (κ2) is 18.3. The lowest BCUT2D eigenvalue weighted by molar-refractivity contribution is 0.682. The van der Waals surface area contributed by atoms with Gasteiger partial charge in [-0.1, -0.05) is 78.8 Å². The molecule has 1 aromatic carbocycles. The number of hydrogen-bond donors (Lipinski definition) is 1. The number of allylic oxidation sites excluding steroid dienone is 1. The van der Waals surface area contributed by atoms with Crippen molar-refractivity contribution in [2.75, 3.05) is 0 Å². The van der Waals surface area contributed by atoms with Gasteiger partial charge in [0.15, 0.2) is 0 Å². The number of halogens is 1. The molecule has 1 unspecified atom stereocenters. The molecule has 0 aliphatic heterocycles. The van der Waals surface area contributed by atoms with Gasteiger partial charge in [0.05, 0.1) is 0 Å². The summed E-state index contributed by atoms with van der Waals surface area (Å²) in [4.78, 5) is 0. The Morgan fingerprint density at radius 3 is 2.05 bits per heavy atom. The summed E-state index contributed by atoms with van der Waals surface area (Å²) in [6.45, 7) is 20.2.